The molecule has 1 unspecified atom stereocenters. The highest BCUT2D eigenvalue weighted by atomic mass is 15.5. The minimum atomic E-state index is 0.000417. The van der Waals surface area contributed by atoms with Crippen LogP contribution in [0.1, 0.15) is 32.6 Å². The van der Waals surface area contributed by atoms with E-state index in [4.69, 9.17) is 0 Å². The molecule has 0 aliphatic carbocycles. The van der Waals surface area contributed by atoms with E-state index in [1.807, 2.05) is 0 Å². The Morgan fingerprint density at radius 1 is 1.45 bits per heavy atom. The van der Waals surface area contributed by atoms with Gasteiger partial charge in [-0.15, -0.1) is 0 Å². The van der Waals surface area contributed by atoms with E-state index in [-0.39, 0.29) is 5.66 Å². The van der Waals surface area contributed by atoms with Gasteiger partial charge in [-0.25, -0.2) is 0 Å². The molecule has 0 radical (unpaired) electrons. The van der Waals surface area contributed by atoms with Gasteiger partial charge in [0.15, 0.2) is 0 Å². The highest BCUT2D eigenvalue weighted by molar-refractivity contribution is 5.03. The molecule has 11 heavy (non-hydrogen) atoms. The summed E-state index contributed by atoms with van der Waals surface area (Å²) in [6.45, 7) is 3.31. The average molecular weight is 153 g/mol. The molecule has 62 valence electrons. The van der Waals surface area contributed by atoms with Crippen LogP contribution >= 0.6 is 0 Å². The highest BCUT2D eigenvalue weighted by Crippen LogP contribution is 2.38. The summed E-state index contributed by atoms with van der Waals surface area (Å²) in [6.07, 6.45) is 4.96. The first-order valence-corrected chi connectivity index (χ1v) is 4.55. The topological polar surface area (TPSA) is 36.8 Å². The van der Waals surface area contributed by atoms with Crippen LogP contribution in [0.25, 0.3) is 0 Å². The molecule has 0 aromatic heterocycles. The van der Waals surface area contributed by atoms with Crippen LogP contribution in [0.4, 0.5) is 0 Å². The van der Waals surface area contributed by atoms with Gasteiger partial charge in [0.2, 0.25) is 5.66 Å². The number of piperidine rings is 1. The normalized spacial score (nSPS) is 33.7. The van der Waals surface area contributed by atoms with Crippen LogP contribution < -0.4 is 5.32 Å². The molecule has 1 N–H and O–H groups in total. The van der Waals surface area contributed by atoms with Crippen molar-refractivity contribution in [1.82, 2.24) is 5.32 Å². The number of rotatable bonds is 2. The maximum atomic E-state index is 4.14. The Kier molecular flexibility index (Phi) is 1.68. The lowest BCUT2D eigenvalue weighted by Gasteiger charge is -2.26. The van der Waals surface area contributed by atoms with Crippen molar-refractivity contribution in [2.45, 2.75) is 44.3 Å². The summed E-state index contributed by atoms with van der Waals surface area (Å²) in [7, 11) is 0. The van der Waals surface area contributed by atoms with Crippen LogP contribution in [0.2, 0.25) is 0 Å². The Hall–Kier alpha value is -0.440. The first kappa shape index (κ1) is 7.22. The largest absolute Gasteiger partial charge is 0.310 e. The van der Waals surface area contributed by atoms with Crippen molar-refractivity contribution >= 4 is 0 Å². The summed E-state index contributed by atoms with van der Waals surface area (Å²) in [5.41, 5.74) is 0.000417. The Balaban J connectivity index is 1.92. The van der Waals surface area contributed by atoms with Crippen molar-refractivity contribution in [3.63, 3.8) is 0 Å². The summed E-state index contributed by atoms with van der Waals surface area (Å²) < 4.78 is 0. The molecule has 1 saturated heterocycles. The minimum absolute atomic E-state index is 0.000417. The molecular weight excluding hydrogens is 138 g/mol. The fourth-order valence-corrected chi connectivity index (χ4v) is 1.84. The molecule has 3 nitrogen and oxygen atoms in total. The van der Waals surface area contributed by atoms with Gasteiger partial charge in [0, 0.05) is 0 Å². The zero-order valence-electron chi connectivity index (χ0n) is 7.01. The fraction of sp³-hybridized carbons (Fsp3) is 1.00. The van der Waals surface area contributed by atoms with Crippen LogP contribution in [0.15, 0.2) is 10.2 Å². The summed E-state index contributed by atoms with van der Waals surface area (Å²) >= 11 is 0. The monoisotopic (exact) mass is 153 g/mol. The molecule has 0 saturated carbocycles. The molecular formula is C8H15N3. The Labute approximate surface area is 67.3 Å². The maximum Gasteiger partial charge on any atom is 0.205 e. The van der Waals surface area contributed by atoms with Gasteiger partial charge in [-0.3, -0.25) is 0 Å². The quantitative estimate of drug-likeness (QED) is 0.644. The molecule has 0 amide bonds. The van der Waals surface area contributed by atoms with E-state index in [1.54, 1.807) is 0 Å². The van der Waals surface area contributed by atoms with Gasteiger partial charge in [0.1, 0.15) is 0 Å². The Morgan fingerprint density at radius 3 is 2.73 bits per heavy atom. The zero-order valence-corrected chi connectivity index (χ0v) is 7.01. The number of nitrogens with zero attached hydrogens (tertiary/aromatic N) is 2. The third-order valence-electron chi connectivity index (χ3n) is 2.75. The summed E-state index contributed by atoms with van der Waals surface area (Å²) in [6, 6.07) is 0.543. The van der Waals surface area contributed by atoms with E-state index in [9.17, 15) is 0 Å². The molecule has 0 spiro atoms. The van der Waals surface area contributed by atoms with E-state index < -0.39 is 0 Å². The van der Waals surface area contributed by atoms with Crippen molar-refractivity contribution < 1.29 is 0 Å². The molecule has 1 atom stereocenters. The second-order valence-electron chi connectivity index (χ2n) is 3.43. The SMILES string of the molecule is CCC1(C2CCCCN2)N=N1. The predicted octanol–water partition coefficient (Wildman–Crippen LogP) is 1.70. The summed E-state index contributed by atoms with van der Waals surface area (Å²) in [5.74, 6) is 0. The van der Waals surface area contributed by atoms with Crippen molar-refractivity contribution in [3.8, 4) is 0 Å². The Morgan fingerprint density at radius 2 is 2.27 bits per heavy atom. The van der Waals surface area contributed by atoms with Crippen molar-refractivity contribution in [1.29, 1.82) is 0 Å². The van der Waals surface area contributed by atoms with Gasteiger partial charge in [0.05, 0.1) is 6.04 Å². The predicted molar refractivity (Wildman–Crippen MR) is 43.5 cm³/mol. The smallest absolute Gasteiger partial charge is 0.205 e. The Bertz CT molecular complexity index is 164. The van der Waals surface area contributed by atoms with Gasteiger partial charge in [-0.2, -0.15) is 10.2 Å². The third-order valence-corrected chi connectivity index (χ3v) is 2.75. The van der Waals surface area contributed by atoms with Crippen LogP contribution in [-0.2, 0) is 0 Å². The van der Waals surface area contributed by atoms with Crippen molar-refractivity contribution in [3.05, 3.63) is 0 Å². The van der Waals surface area contributed by atoms with E-state index in [1.165, 1.54) is 19.3 Å². The second kappa shape index (κ2) is 2.55. The van der Waals surface area contributed by atoms with E-state index in [0.29, 0.717) is 6.04 Å². The molecule has 0 aromatic rings. The second-order valence-corrected chi connectivity index (χ2v) is 3.43. The molecule has 1 fully saturated rings. The van der Waals surface area contributed by atoms with Crippen LogP contribution in [-0.4, -0.2) is 18.2 Å². The molecule has 0 bridgehead atoms. The zero-order chi connectivity index (χ0) is 7.73. The maximum absolute atomic E-state index is 4.14. The number of nitrogens with one attached hydrogen (secondary N) is 1. The third kappa shape index (κ3) is 1.18. The number of hydrogen-bond acceptors (Lipinski definition) is 3. The minimum Gasteiger partial charge on any atom is -0.310 e. The van der Waals surface area contributed by atoms with Gasteiger partial charge in [-0.05, 0) is 25.8 Å². The molecule has 2 rings (SSSR count). The van der Waals surface area contributed by atoms with Gasteiger partial charge >= 0.3 is 0 Å². The van der Waals surface area contributed by atoms with Gasteiger partial charge < -0.3 is 5.32 Å². The first-order valence-electron chi connectivity index (χ1n) is 4.55. The van der Waals surface area contributed by atoms with E-state index in [0.717, 1.165) is 13.0 Å². The fourth-order valence-electron chi connectivity index (χ4n) is 1.84. The molecule has 2 aliphatic heterocycles. The number of hydrogen-bond donors (Lipinski definition) is 1. The lowest BCUT2D eigenvalue weighted by molar-refractivity contribution is 0.313. The van der Waals surface area contributed by atoms with E-state index in [2.05, 4.69) is 22.5 Å². The van der Waals surface area contributed by atoms with Gasteiger partial charge in [-0.1, -0.05) is 13.3 Å². The first-order chi connectivity index (χ1) is 5.37. The van der Waals surface area contributed by atoms with Crippen LogP contribution in [0.3, 0.4) is 0 Å². The molecule has 0 aromatic carbocycles. The lowest BCUT2D eigenvalue weighted by atomic mass is 9.93. The molecule has 3 heteroatoms. The highest BCUT2D eigenvalue weighted by Gasteiger charge is 2.46. The van der Waals surface area contributed by atoms with Crippen LogP contribution in [0, 0.1) is 0 Å². The molecule has 2 heterocycles. The van der Waals surface area contributed by atoms with Gasteiger partial charge in [0.25, 0.3) is 0 Å². The van der Waals surface area contributed by atoms with Crippen LogP contribution in [0.5, 0.6) is 0 Å². The van der Waals surface area contributed by atoms with Crippen molar-refractivity contribution in [2.24, 2.45) is 10.2 Å². The molecule has 2 aliphatic rings. The van der Waals surface area contributed by atoms with E-state index >= 15 is 0 Å². The lowest BCUT2D eigenvalue weighted by Crippen LogP contribution is -2.45. The van der Waals surface area contributed by atoms with Crippen molar-refractivity contribution in [2.75, 3.05) is 6.54 Å². The summed E-state index contributed by atoms with van der Waals surface area (Å²) in [4.78, 5) is 0. The summed E-state index contributed by atoms with van der Waals surface area (Å²) in [5, 5.41) is 11.8. The standard InChI is InChI=1S/C8H15N3/c1-2-8(10-11-8)7-5-3-4-6-9-7/h7,9H,2-6H2,1H3. The average Bonchev–Trinajstić information content (AvgIpc) is 2.86.